The van der Waals surface area contributed by atoms with Crippen LogP contribution in [0.1, 0.15) is 49.4 Å². The predicted octanol–water partition coefficient (Wildman–Crippen LogP) is 2.72. The molecule has 0 spiro atoms. The molecule has 0 saturated carbocycles. The topological polar surface area (TPSA) is 52.3 Å². The number of hydrogen-bond donors (Lipinski definition) is 1. The average molecular weight is 235 g/mol. The summed E-state index contributed by atoms with van der Waals surface area (Å²) in [6.45, 7) is 7.65. The molecule has 17 heavy (non-hydrogen) atoms. The number of ketones is 1. The minimum absolute atomic E-state index is 0.0204. The quantitative estimate of drug-likeness (QED) is 0.873. The van der Waals surface area contributed by atoms with E-state index in [9.17, 15) is 4.79 Å². The fourth-order valence-corrected chi connectivity index (χ4v) is 1.90. The molecule has 0 heterocycles. The molecular weight excluding hydrogens is 214 g/mol. The Labute approximate surface area is 103 Å². The molecule has 0 radical (unpaired) electrons. The Morgan fingerprint density at radius 3 is 2.29 bits per heavy atom. The number of carbonyl (C=O) groups excluding carboxylic acids is 1. The van der Waals surface area contributed by atoms with Crippen LogP contribution in [0.25, 0.3) is 0 Å². The smallest absolute Gasteiger partial charge is 0.150 e. The molecular formula is C14H21NO2. The minimum Gasteiger partial charge on any atom is -0.496 e. The van der Waals surface area contributed by atoms with Gasteiger partial charge in [-0.2, -0.15) is 0 Å². The number of carbonyl (C=O) groups is 1. The van der Waals surface area contributed by atoms with E-state index < -0.39 is 6.04 Å². The van der Waals surface area contributed by atoms with Crippen molar-refractivity contribution in [3.8, 4) is 5.75 Å². The third-order valence-corrected chi connectivity index (χ3v) is 3.01. The first-order chi connectivity index (χ1) is 7.88. The fourth-order valence-electron chi connectivity index (χ4n) is 1.90. The van der Waals surface area contributed by atoms with E-state index in [0.717, 1.165) is 22.4 Å². The van der Waals surface area contributed by atoms with Gasteiger partial charge < -0.3 is 10.5 Å². The highest BCUT2D eigenvalue weighted by molar-refractivity contribution is 5.83. The lowest BCUT2D eigenvalue weighted by atomic mass is 9.92. The van der Waals surface area contributed by atoms with Crippen molar-refractivity contribution < 1.29 is 9.53 Å². The van der Waals surface area contributed by atoms with E-state index in [-0.39, 0.29) is 5.78 Å². The van der Waals surface area contributed by atoms with Gasteiger partial charge in [0.15, 0.2) is 5.78 Å². The van der Waals surface area contributed by atoms with E-state index >= 15 is 0 Å². The first-order valence-corrected chi connectivity index (χ1v) is 5.83. The Bertz CT molecular complexity index is 424. The second-order valence-electron chi connectivity index (χ2n) is 4.69. The summed E-state index contributed by atoms with van der Waals surface area (Å²) in [5.74, 6) is 1.17. The van der Waals surface area contributed by atoms with Crippen LogP contribution >= 0.6 is 0 Å². The van der Waals surface area contributed by atoms with Gasteiger partial charge in [-0.25, -0.2) is 0 Å². The summed E-state index contributed by atoms with van der Waals surface area (Å²) in [4.78, 5) is 11.4. The molecule has 1 atom stereocenters. The third kappa shape index (κ3) is 2.86. The summed E-state index contributed by atoms with van der Waals surface area (Å²) < 4.78 is 5.36. The molecule has 0 amide bonds. The SMILES string of the molecule is COc1cc(C)c(C(N)C(C)=O)cc1C(C)C. The van der Waals surface area contributed by atoms with Crippen molar-refractivity contribution >= 4 is 5.78 Å². The molecule has 0 aliphatic heterocycles. The Kier molecular flexibility index (Phi) is 4.29. The summed E-state index contributed by atoms with van der Waals surface area (Å²) in [7, 11) is 1.66. The van der Waals surface area contributed by atoms with Crippen LogP contribution in [0.4, 0.5) is 0 Å². The molecule has 3 heteroatoms. The lowest BCUT2D eigenvalue weighted by Gasteiger charge is -2.18. The van der Waals surface area contributed by atoms with E-state index in [0.29, 0.717) is 5.92 Å². The van der Waals surface area contributed by atoms with E-state index in [1.54, 1.807) is 7.11 Å². The Morgan fingerprint density at radius 1 is 1.29 bits per heavy atom. The van der Waals surface area contributed by atoms with Crippen LogP contribution < -0.4 is 10.5 Å². The van der Waals surface area contributed by atoms with Gasteiger partial charge in [0, 0.05) is 0 Å². The predicted molar refractivity (Wildman–Crippen MR) is 69.4 cm³/mol. The second-order valence-corrected chi connectivity index (χ2v) is 4.69. The van der Waals surface area contributed by atoms with Crippen molar-refractivity contribution in [2.45, 2.75) is 39.7 Å². The molecule has 94 valence electrons. The Hall–Kier alpha value is -1.35. The van der Waals surface area contributed by atoms with Gasteiger partial charge in [0.25, 0.3) is 0 Å². The maximum absolute atomic E-state index is 11.4. The zero-order chi connectivity index (χ0) is 13.2. The molecule has 2 N–H and O–H groups in total. The monoisotopic (exact) mass is 235 g/mol. The van der Waals surface area contributed by atoms with Crippen LogP contribution in [0.15, 0.2) is 12.1 Å². The molecule has 0 aliphatic rings. The van der Waals surface area contributed by atoms with Crippen LogP contribution in [0.5, 0.6) is 5.75 Å². The Balaban J connectivity index is 3.34. The first kappa shape index (κ1) is 13.7. The van der Waals surface area contributed by atoms with Gasteiger partial charge in [-0.05, 0) is 48.6 Å². The molecule has 0 saturated heterocycles. The van der Waals surface area contributed by atoms with Gasteiger partial charge in [-0.15, -0.1) is 0 Å². The third-order valence-electron chi connectivity index (χ3n) is 3.01. The van der Waals surface area contributed by atoms with Gasteiger partial charge >= 0.3 is 0 Å². The van der Waals surface area contributed by atoms with Gasteiger partial charge in [0.1, 0.15) is 5.75 Å². The first-order valence-electron chi connectivity index (χ1n) is 5.83. The summed E-state index contributed by atoms with van der Waals surface area (Å²) in [6, 6.07) is 3.40. The molecule has 0 fully saturated rings. The summed E-state index contributed by atoms with van der Waals surface area (Å²) in [6.07, 6.45) is 0. The lowest BCUT2D eigenvalue weighted by Crippen LogP contribution is -2.20. The largest absolute Gasteiger partial charge is 0.496 e. The van der Waals surface area contributed by atoms with Crippen molar-refractivity contribution in [1.29, 1.82) is 0 Å². The Morgan fingerprint density at radius 2 is 1.88 bits per heavy atom. The summed E-state index contributed by atoms with van der Waals surface area (Å²) >= 11 is 0. The molecule has 1 unspecified atom stereocenters. The lowest BCUT2D eigenvalue weighted by molar-refractivity contribution is -0.118. The molecule has 1 aromatic rings. The number of hydrogen-bond acceptors (Lipinski definition) is 3. The van der Waals surface area contributed by atoms with Crippen LogP contribution in [0.2, 0.25) is 0 Å². The maximum Gasteiger partial charge on any atom is 0.150 e. The van der Waals surface area contributed by atoms with Crippen LogP contribution in [-0.4, -0.2) is 12.9 Å². The van der Waals surface area contributed by atoms with E-state index in [1.807, 2.05) is 19.1 Å². The maximum atomic E-state index is 11.4. The van der Waals surface area contributed by atoms with Gasteiger partial charge in [-0.1, -0.05) is 13.8 Å². The number of methoxy groups -OCH3 is 1. The molecule has 1 aromatic carbocycles. The summed E-state index contributed by atoms with van der Waals surface area (Å²) in [5.41, 5.74) is 8.88. The minimum atomic E-state index is -0.543. The van der Waals surface area contributed by atoms with E-state index in [1.165, 1.54) is 6.92 Å². The van der Waals surface area contributed by atoms with Crippen molar-refractivity contribution in [3.63, 3.8) is 0 Å². The van der Waals surface area contributed by atoms with Gasteiger partial charge in [-0.3, -0.25) is 4.79 Å². The number of nitrogens with two attached hydrogens (primary N) is 1. The van der Waals surface area contributed by atoms with Crippen LogP contribution in [0.3, 0.4) is 0 Å². The fraction of sp³-hybridized carbons (Fsp3) is 0.500. The van der Waals surface area contributed by atoms with Crippen molar-refractivity contribution in [3.05, 3.63) is 28.8 Å². The second kappa shape index (κ2) is 5.32. The molecule has 1 rings (SSSR count). The van der Waals surface area contributed by atoms with Crippen molar-refractivity contribution in [2.24, 2.45) is 5.73 Å². The molecule has 0 bridgehead atoms. The zero-order valence-corrected chi connectivity index (χ0v) is 11.2. The molecule has 3 nitrogen and oxygen atoms in total. The van der Waals surface area contributed by atoms with E-state index in [2.05, 4.69) is 13.8 Å². The standard InChI is InChI=1S/C14H21NO2/c1-8(2)11-7-12(14(15)10(4)16)9(3)6-13(11)17-5/h6-8,14H,15H2,1-5H3. The van der Waals surface area contributed by atoms with Crippen LogP contribution in [0, 0.1) is 6.92 Å². The summed E-state index contributed by atoms with van der Waals surface area (Å²) in [5, 5.41) is 0. The van der Waals surface area contributed by atoms with Gasteiger partial charge in [0.2, 0.25) is 0 Å². The van der Waals surface area contributed by atoms with Gasteiger partial charge in [0.05, 0.1) is 13.2 Å². The molecule has 0 aliphatic carbocycles. The normalized spacial score (nSPS) is 12.6. The highest BCUT2D eigenvalue weighted by Gasteiger charge is 2.17. The van der Waals surface area contributed by atoms with Crippen LogP contribution in [-0.2, 0) is 4.79 Å². The number of benzene rings is 1. The highest BCUT2D eigenvalue weighted by atomic mass is 16.5. The average Bonchev–Trinajstić information content (AvgIpc) is 2.27. The molecule has 0 aromatic heterocycles. The number of aryl methyl sites for hydroxylation is 1. The number of Topliss-reactive ketones (excluding diaryl/α,β-unsaturated/α-hetero) is 1. The van der Waals surface area contributed by atoms with E-state index in [4.69, 9.17) is 10.5 Å². The number of rotatable bonds is 4. The van der Waals surface area contributed by atoms with Crippen molar-refractivity contribution in [2.75, 3.05) is 7.11 Å². The number of ether oxygens (including phenoxy) is 1. The van der Waals surface area contributed by atoms with Crippen molar-refractivity contribution in [1.82, 2.24) is 0 Å². The zero-order valence-electron chi connectivity index (χ0n) is 11.2. The highest BCUT2D eigenvalue weighted by Crippen LogP contribution is 2.31.